The molecular weight excluding hydrogens is 262 g/mol. The molecule has 0 unspecified atom stereocenters. The first-order valence-electron chi connectivity index (χ1n) is 7.92. The lowest BCUT2D eigenvalue weighted by atomic mass is 9.94. The van der Waals surface area contributed by atoms with Gasteiger partial charge in [0, 0.05) is 0 Å². The summed E-state index contributed by atoms with van der Waals surface area (Å²) in [6, 6.07) is 7.93. The molecule has 0 heterocycles. The van der Waals surface area contributed by atoms with Crippen molar-refractivity contribution in [1.29, 1.82) is 0 Å². The van der Waals surface area contributed by atoms with Gasteiger partial charge in [-0.3, -0.25) is 4.79 Å². The van der Waals surface area contributed by atoms with Gasteiger partial charge < -0.3 is 10.5 Å². The first-order valence-corrected chi connectivity index (χ1v) is 7.92. The van der Waals surface area contributed by atoms with Crippen LogP contribution < -0.4 is 5.73 Å². The van der Waals surface area contributed by atoms with Gasteiger partial charge in [0.15, 0.2) is 0 Å². The molecule has 0 aromatic heterocycles. The summed E-state index contributed by atoms with van der Waals surface area (Å²) in [6.07, 6.45) is 5.75. The second-order valence-corrected chi connectivity index (χ2v) is 7.07. The monoisotopic (exact) mass is 289 g/mol. The standard InChI is InChI=1S/C18H27NO2/c1-18(2,3)21-17(20)16(19)12-13-7-6-10-15(11-13)14-8-4-5-9-14/h6-7,10-11,14,16H,4-5,8-9,12,19H2,1-3H3/t16-/m0/s1. The fourth-order valence-corrected chi connectivity index (χ4v) is 2.95. The molecule has 1 saturated carbocycles. The molecule has 0 radical (unpaired) electrons. The maximum Gasteiger partial charge on any atom is 0.323 e. The summed E-state index contributed by atoms with van der Waals surface area (Å²) < 4.78 is 5.34. The summed E-state index contributed by atoms with van der Waals surface area (Å²) in [4.78, 5) is 12.0. The Bertz CT molecular complexity index is 484. The molecule has 1 aliphatic carbocycles. The lowest BCUT2D eigenvalue weighted by molar-refractivity contribution is -0.156. The Kier molecular flexibility index (Phi) is 5.04. The van der Waals surface area contributed by atoms with Gasteiger partial charge in [-0.1, -0.05) is 37.1 Å². The minimum Gasteiger partial charge on any atom is -0.459 e. The molecule has 3 heteroatoms. The van der Waals surface area contributed by atoms with Crippen LogP contribution in [-0.2, 0) is 16.0 Å². The largest absolute Gasteiger partial charge is 0.459 e. The zero-order chi connectivity index (χ0) is 15.5. The van der Waals surface area contributed by atoms with Crippen molar-refractivity contribution in [3.63, 3.8) is 0 Å². The second-order valence-electron chi connectivity index (χ2n) is 7.07. The Morgan fingerprint density at radius 1 is 1.33 bits per heavy atom. The van der Waals surface area contributed by atoms with Crippen LogP contribution in [0.25, 0.3) is 0 Å². The number of ether oxygens (including phenoxy) is 1. The number of benzene rings is 1. The molecule has 3 nitrogen and oxygen atoms in total. The van der Waals surface area contributed by atoms with Crippen molar-refractivity contribution in [2.45, 2.75) is 70.4 Å². The van der Waals surface area contributed by atoms with Crippen LogP contribution in [0.3, 0.4) is 0 Å². The average Bonchev–Trinajstić information content (AvgIpc) is 2.90. The molecule has 1 aliphatic rings. The predicted molar refractivity (Wildman–Crippen MR) is 85.2 cm³/mol. The highest BCUT2D eigenvalue weighted by Gasteiger charge is 2.23. The van der Waals surface area contributed by atoms with Crippen LogP contribution in [0.5, 0.6) is 0 Å². The van der Waals surface area contributed by atoms with Gasteiger partial charge in [0.2, 0.25) is 0 Å². The van der Waals surface area contributed by atoms with E-state index in [1.165, 1.54) is 31.2 Å². The quantitative estimate of drug-likeness (QED) is 0.862. The highest BCUT2D eigenvalue weighted by atomic mass is 16.6. The Hall–Kier alpha value is -1.35. The van der Waals surface area contributed by atoms with E-state index >= 15 is 0 Å². The van der Waals surface area contributed by atoms with Crippen molar-refractivity contribution in [3.8, 4) is 0 Å². The summed E-state index contributed by atoms with van der Waals surface area (Å²) in [5, 5.41) is 0. The Balaban J connectivity index is 1.99. The maximum atomic E-state index is 12.0. The lowest BCUT2D eigenvalue weighted by Crippen LogP contribution is -2.38. The van der Waals surface area contributed by atoms with Crippen LogP contribution in [0.15, 0.2) is 24.3 Å². The van der Waals surface area contributed by atoms with Crippen LogP contribution in [0.1, 0.15) is 63.5 Å². The summed E-state index contributed by atoms with van der Waals surface area (Å²) >= 11 is 0. The molecule has 21 heavy (non-hydrogen) atoms. The normalized spacial score (nSPS) is 17.7. The van der Waals surface area contributed by atoms with Crippen molar-refractivity contribution < 1.29 is 9.53 Å². The van der Waals surface area contributed by atoms with Crippen molar-refractivity contribution >= 4 is 5.97 Å². The topological polar surface area (TPSA) is 52.3 Å². The van der Waals surface area contributed by atoms with E-state index < -0.39 is 11.6 Å². The van der Waals surface area contributed by atoms with E-state index in [0.717, 1.165) is 5.56 Å². The van der Waals surface area contributed by atoms with E-state index in [0.29, 0.717) is 12.3 Å². The predicted octanol–water partition coefficient (Wildman–Crippen LogP) is 3.56. The number of hydrogen-bond donors (Lipinski definition) is 1. The lowest BCUT2D eigenvalue weighted by Gasteiger charge is -2.22. The molecule has 0 saturated heterocycles. The van der Waals surface area contributed by atoms with Gasteiger partial charge in [-0.05, 0) is 57.1 Å². The second kappa shape index (κ2) is 6.61. The number of esters is 1. The van der Waals surface area contributed by atoms with Crippen LogP contribution in [0, 0.1) is 0 Å². The molecular formula is C18H27NO2. The van der Waals surface area contributed by atoms with Crippen molar-refractivity contribution in [2.75, 3.05) is 0 Å². The zero-order valence-electron chi connectivity index (χ0n) is 13.4. The van der Waals surface area contributed by atoms with Crippen molar-refractivity contribution in [2.24, 2.45) is 5.73 Å². The molecule has 0 bridgehead atoms. The van der Waals surface area contributed by atoms with E-state index in [4.69, 9.17) is 10.5 Å². The number of carbonyl (C=O) groups is 1. The van der Waals surface area contributed by atoms with Gasteiger partial charge >= 0.3 is 5.97 Å². The zero-order valence-corrected chi connectivity index (χ0v) is 13.4. The van der Waals surface area contributed by atoms with Gasteiger partial charge in [0.25, 0.3) is 0 Å². The van der Waals surface area contributed by atoms with Gasteiger partial charge in [-0.2, -0.15) is 0 Å². The smallest absolute Gasteiger partial charge is 0.323 e. The summed E-state index contributed by atoms with van der Waals surface area (Å²) in [5.74, 6) is 0.358. The molecule has 1 aromatic rings. The first kappa shape index (κ1) is 16.0. The Morgan fingerprint density at radius 3 is 2.62 bits per heavy atom. The van der Waals surface area contributed by atoms with Gasteiger partial charge in [-0.15, -0.1) is 0 Å². The fourth-order valence-electron chi connectivity index (χ4n) is 2.95. The summed E-state index contributed by atoms with van der Waals surface area (Å²) in [5.41, 5.74) is 8.01. The van der Waals surface area contributed by atoms with E-state index in [2.05, 4.69) is 18.2 Å². The van der Waals surface area contributed by atoms with E-state index in [1.807, 2.05) is 26.8 Å². The molecule has 1 aromatic carbocycles. The molecule has 2 rings (SSSR count). The third kappa shape index (κ3) is 4.85. The number of carbonyl (C=O) groups excluding carboxylic acids is 1. The average molecular weight is 289 g/mol. The number of nitrogens with two attached hydrogens (primary N) is 1. The van der Waals surface area contributed by atoms with Gasteiger partial charge in [-0.25, -0.2) is 0 Å². The Labute approximate surface area is 127 Å². The van der Waals surface area contributed by atoms with Crippen molar-refractivity contribution in [1.82, 2.24) is 0 Å². The fraction of sp³-hybridized carbons (Fsp3) is 0.611. The maximum absolute atomic E-state index is 12.0. The molecule has 1 fully saturated rings. The molecule has 0 aliphatic heterocycles. The van der Waals surface area contributed by atoms with Crippen LogP contribution in [-0.4, -0.2) is 17.6 Å². The highest BCUT2D eigenvalue weighted by molar-refractivity contribution is 5.76. The summed E-state index contributed by atoms with van der Waals surface area (Å²) in [6.45, 7) is 5.58. The SMILES string of the molecule is CC(C)(C)OC(=O)[C@@H](N)Cc1cccc(C2CCCC2)c1. The molecule has 0 amide bonds. The van der Waals surface area contributed by atoms with Crippen LogP contribution >= 0.6 is 0 Å². The third-order valence-electron chi connectivity index (χ3n) is 3.94. The molecule has 0 spiro atoms. The van der Waals surface area contributed by atoms with Crippen LogP contribution in [0.2, 0.25) is 0 Å². The van der Waals surface area contributed by atoms with Crippen molar-refractivity contribution in [3.05, 3.63) is 35.4 Å². The first-order chi connectivity index (χ1) is 9.85. The Morgan fingerprint density at radius 2 is 2.00 bits per heavy atom. The van der Waals surface area contributed by atoms with Crippen LogP contribution in [0.4, 0.5) is 0 Å². The summed E-state index contributed by atoms with van der Waals surface area (Å²) in [7, 11) is 0. The number of rotatable bonds is 4. The molecule has 1 atom stereocenters. The van der Waals surface area contributed by atoms with Gasteiger partial charge in [0.05, 0.1) is 0 Å². The highest BCUT2D eigenvalue weighted by Crippen LogP contribution is 2.34. The minimum absolute atomic E-state index is 0.325. The third-order valence-corrected chi connectivity index (χ3v) is 3.94. The number of hydrogen-bond acceptors (Lipinski definition) is 3. The van der Waals surface area contributed by atoms with E-state index in [9.17, 15) is 4.79 Å². The van der Waals surface area contributed by atoms with E-state index in [-0.39, 0.29) is 5.97 Å². The molecule has 116 valence electrons. The molecule has 2 N–H and O–H groups in total. The minimum atomic E-state index is -0.594. The van der Waals surface area contributed by atoms with Gasteiger partial charge in [0.1, 0.15) is 11.6 Å². The van der Waals surface area contributed by atoms with E-state index in [1.54, 1.807) is 0 Å².